The Morgan fingerprint density at radius 2 is 2.11 bits per heavy atom. The van der Waals surface area contributed by atoms with Gasteiger partial charge in [-0.15, -0.1) is 6.58 Å². The molecule has 3 fully saturated rings. The van der Waals surface area contributed by atoms with E-state index < -0.39 is 0 Å². The molecule has 0 aromatic carbocycles. The van der Waals surface area contributed by atoms with Crippen LogP contribution < -0.4 is 0 Å². The van der Waals surface area contributed by atoms with Gasteiger partial charge in [0.25, 0.3) is 0 Å². The molecule has 0 N–H and O–H groups in total. The van der Waals surface area contributed by atoms with Gasteiger partial charge >= 0.3 is 5.97 Å². The number of ether oxygens (including phenoxy) is 1. The van der Waals surface area contributed by atoms with Crippen molar-refractivity contribution in [3.05, 3.63) is 36.5 Å². The fourth-order valence-corrected chi connectivity index (χ4v) is 7.97. The highest BCUT2D eigenvalue weighted by Crippen LogP contribution is 2.69. The third-order valence-corrected chi connectivity index (χ3v) is 8.97. The highest BCUT2D eigenvalue weighted by atomic mass is 16.6. The largest absolute Gasteiger partial charge is 0.451 e. The second-order valence-corrected chi connectivity index (χ2v) is 9.51. The molecule has 0 aromatic heterocycles. The van der Waals surface area contributed by atoms with Crippen LogP contribution in [0, 0.1) is 35.0 Å². The molecular weight excluding hydrogens is 336 g/mol. The van der Waals surface area contributed by atoms with Crippen LogP contribution in [-0.2, 0) is 14.3 Å². The minimum Gasteiger partial charge on any atom is -0.451 e. The minimum absolute atomic E-state index is 0.0732. The molecule has 3 heteroatoms. The van der Waals surface area contributed by atoms with Gasteiger partial charge in [0.05, 0.1) is 0 Å². The van der Waals surface area contributed by atoms with Crippen molar-refractivity contribution in [2.75, 3.05) is 0 Å². The van der Waals surface area contributed by atoms with Crippen molar-refractivity contribution in [3.8, 4) is 0 Å². The Morgan fingerprint density at radius 3 is 2.81 bits per heavy atom. The minimum atomic E-state index is -0.376. The Bertz CT molecular complexity index is 762. The molecule has 0 radical (unpaired) electrons. The summed E-state index contributed by atoms with van der Waals surface area (Å²) >= 11 is 0. The third-order valence-electron chi connectivity index (χ3n) is 8.97. The van der Waals surface area contributed by atoms with Crippen LogP contribution in [0.15, 0.2) is 36.5 Å². The van der Waals surface area contributed by atoms with Crippen molar-refractivity contribution in [2.24, 2.45) is 35.0 Å². The molecule has 0 bridgehead atoms. The number of allylic oxidation sites excluding steroid dienone is 2. The van der Waals surface area contributed by atoms with E-state index in [2.05, 4.69) is 25.7 Å². The second kappa shape index (κ2) is 5.93. The lowest BCUT2D eigenvalue weighted by molar-refractivity contribution is -0.165. The fourth-order valence-electron chi connectivity index (χ4n) is 7.97. The molecule has 5 aliphatic rings. The van der Waals surface area contributed by atoms with Crippen molar-refractivity contribution in [2.45, 2.75) is 63.9 Å². The Labute approximate surface area is 161 Å². The Kier molecular flexibility index (Phi) is 3.83. The predicted octanol–water partition coefficient (Wildman–Crippen LogP) is 4.78. The van der Waals surface area contributed by atoms with Crippen LogP contribution in [0.5, 0.6) is 0 Å². The van der Waals surface area contributed by atoms with Gasteiger partial charge in [-0.3, -0.25) is 4.79 Å². The lowest BCUT2D eigenvalue weighted by Gasteiger charge is -2.58. The van der Waals surface area contributed by atoms with Crippen LogP contribution in [-0.4, -0.2) is 17.4 Å². The summed E-state index contributed by atoms with van der Waals surface area (Å²) in [4.78, 5) is 24.0. The molecule has 27 heavy (non-hydrogen) atoms. The zero-order valence-electron chi connectivity index (χ0n) is 16.3. The number of rotatable bonds is 2. The first-order valence-electron chi connectivity index (χ1n) is 10.8. The predicted molar refractivity (Wildman–Crippen MR) is 104 cm³/mol. The lowest BCUT2D eigenvalue weighted by atomic mass is 9.47. The van der Waals surface area contributed by atoms with Gasteiger partial charge in [0.2, 0.25) is 0 Å². The summed E-state index contributed by atoms with van der Waals surface area (Å²) in [6.07, 6.45) is 16.1. The van der Waals surface area contributed by atoms with Gasteiger partial charge < -0.3 is 4.74 Å². The highest BCUT2D eigenvalue weighted by molar-refractivity contribution is 5.91. The number of fused-ring (bicyclic) bond motifs is 6. The summed E-state index contributed by atoms with van der Waals surface area (Å²) in [5, 5.41) is 0. The Balaban J connectivity index is 1.55. The van der Waals surface area contributed by atoms with Crippen LogP contribution in [0.2, 0.25) is 0 Å². The lowest BCUT2D eigenvalue weighted by Crippen LogP contribution is -2.55. The van der Waals surface area contributed by atoms with Crippen LogP contribution in [0.3, 0.4) is 0 Å². The zero-order chi connectivity index (χ0) is 18.8. The molecule has 0 saturated heterocycles. The van der Waals surface area contributed by atoms with Crippen LogP contribution >= 0.6 is 0 Å². The molecular formula is C24H30O3. The van der Waals surface area contributed by atoms with Crippen molar-refractivity contribution in [1.82, 2.24) is 0 Å². The maximum absolute atomic E-state index is 12.0. The molecule has 3 saturated carbocycles. The van der Waals surface area contributed by atoms with Gasteiger partial charge in [0.1, 0.15) is 5.60 Å². The van der Waals surface area contributed by atoms with Crippen molar-refractivity contribution in [3.63, 3.8) is 0 Å². The number of carbonyl (C=O) groups excluding carboxylic acids is 2. The molecule has 1 heterocycles. The number of ketones is 1. The van der Waals surface area contributed by atoms with Crippen LogP contribution in [0.25, 0.3) is 0 Å². The molecule has 144 valence electrons. The summed E-state index contributed by atoms with van der Waals surface area (Å²) < 4.78 is 6.01. The first-order valence-corrected chi connectivity index (χ1v) is 10.8. The van der Waals surface area contributed by atoms with Crippen molar-refractivity contribution in [1.29, 1.82) is 0 Å². The summed E-state index contributed by atoms with van der Waals surface area (Å²) in [7, 11) is 0. The Morgan fingerprint density at radius 1 is 1.26 bits per heavy atom. The average Bonchev–Trinajstić information content (AvgIpc) is 3.21. The van der Waals surface area contributed by atoms with Gasteiger partial charge in [0.15, 0.2) is 5.78 Å². The monoisotopic (exact) mass is 366 g/mol. The first-order chi connectivity index (χ1) is 13.0. The van der Waals surface area contributed by atoms with E-state index >= 15 is 0 Å². The van der Waals surface area contributed by atoms with E-state index in [0.29, 0.717) is 41.8 Å². The summed E-state index contributed by atoms with van der Waals surface area (Å²) in [5.74, 6) is 3.02. The number of esters is 1. The fraction of sp³-hybridized carbons (Fsp3) is 0.667. The normalized spacial score (nSPS) is 47.9. The quantitative estimate of drug-likeness (QED) is 0.522. The van der Waals surface area contributed by atoms with Gasteiger partial charge in [-0.2, -0.15) is 0 Å². The topological polar surface area (TPSA) is 43.4 Å². The van der Waals surface area contributed by atoms with E-state index in [9.17, 15) is 9.59 Å². The maximum atomic E-state index is 12.0. The maximum Gasteiger partial charge on any atom is 0.331 e. The van der Waals surface area contributed by atoms with Gasteiger partial charge in [-0.05, 0) is 86.7 Å². The SMILES string of the molecule is C=C[C@@H]1CC2=CC(=O)CC[C@@H]2C2CC[C@@]3(CC)C(CC[C@@]34C=CC(=O)O4)C21. The third kappa shape index (κ3) is 2.20. The summed E-state index contributed by atoms with van der Waals surface area (Å²) in [5.41, 5.74) is 1.09. The van der Waals surface area contributed by atoms with E-state index in [-0.39, 0.29) is 17.0 Å². The Hall–Kier alpha value is -1.64. The first kappa shape index (κ1) is 17.5. The van der Waals surface area contributed by atoms with Gasteiger partial charge in [-0.1, -0.05) is 18.6 Å². The van der Waals surface area contributed by atoms with Crippen molar-refractivity contribution < 1.29 is 14.3 Å². The summed E-state index contributed by atoms with van der Waals surface area (Å²) in [6.45, 7) is 6.47. The molecule has 0 amide bonds. The van der Waals surface area contributed by atoms with E-state index in [1.54, 1.807) is 6.08 Å². The number of carbonyl (C=O) groups is 2. The molecule has 3 nitrogen and oxygen atoms in total. The number of hydrogen-bond acceptors (Lipinski definition) is 3. The van der Waals surface area contributed by atoms with Gasteiger partial charge in [0, 0.05) is 17.9 Å². The van der Waals surface area contributed by atoms with E-state index in [1.165, 1.54) is 12.0 Å². The molecule has 1 spiro atoms. The highest BCUT2D eigenvalue weighted by Gasteiger charge is 2.67. The van der Waals surface area contributed by atoms with Crippen LogP contribution in [0.1, 0.15) is 58.3 Å². The molecule has 5 rings (SSSR count). The standard InChI is InChI=1S/C24H30O3/c1-3-15-13-16-14-17(25)5-6-18(16)19-7-10-23(4-2)20(22(15)19)8-11-24(23)12-9-21(26)27-24/h3,9,12,14-15,18-20,22H,1,4-8,10-11,13H2,2H3/t15-,18+,19?,20?,22?,23+,24-/m1/s1. The van der Waals surface area contributed by atoms with E-state index in [0.717, 1.165) is 38.5 Å². The molecule has 1 aliphatic heterocycles. The van der Waals surface area contributed by atoms with E-state index in [4.69, 9.17) is 4.74 Å². The molecule has 3 unspecified atom stereocenters. The van der Waals surface area contributed by atoms with E-state index in [1.807, 2.05) is 6.08 Å². The molecule has 7 atom stereocenters. The summed E-state index contributed by atoms with van der Waals surface area (Å²) in [6, 6.07) is 0. The second-order valence-electron chi connectivity index (χ2n) is 9.51. The van der Waals surface area contributed by atoms with Crippen molar-refractivity contribution >= 4 is 11.8 Å². The zero-order valence-corrected chi connectivity index (χ0v) is 16.3. The van der Waals surface area contributed by atoms with Gasteiger partial charge in [-0.25, -0.2) is 4.79 Å². The number of hydrogen-bond donors (Lipinski definition) is 0. The van der Waals surface area contributed by atoms with Crippen LogP contribution in [0.4, 0.5) is 0 Å². The molecule has 0 aromatic rings. The smallest absolute Gasteiger partial charge is 0.331 e. The molecule has 4 aliphatic carbocycles. The average molecular weight is 367 g/mol.